The first kappa shape index (κ1) is 9.98. The second kappa shape index (κ2) is 3.55. The van der Waals surface area contributed by atoms with Crippen molar-refractivity contribution >= 4 is 29.4 Å². The van der Waals surface area contributed by atoms with Crippen LogP contribution in [-0.4, -0.2) is 11.7 Å². The molecule has 0 bridgehead atoms. The van der Waals surface area contributed by atoms with Crippen molar-refractivity contribution in [3.63, 3.8) is 0 Å². The largest absolute Gasteiger partial charge is 0.457 e. The SMILES string of the molecule is NC(=O)C(=O)c1cc2c(o1)CCC(Cl)=C2. The number of furan rings is 1. The Balaban J connectivity index is 2.39. The number of hydrogen-bond acceptors (Lipinski definition) is 3. The minimum atomic E-state index is -1.02. The normalized spacial score (nSPS) is 14.3. The zero-order valence-corrected chi connectivity index (χ0v) is 8.50. The summed E-state index contributed by atoms with van der Waals surface area (Å²) in [4.78, 5) is 21.9. The molecule has 0 spiro atoms. The van der Waals surface area contributed by atoms with Gasteiger partial charge in [0.05, 0.1) is 0 Å². The van der Waals surface area contributed by atoms with Crippen LogP contribution in [0, 0.1) is 0 Å². The predicted molar refractivity (Wildman–Crippen MR) is 54.4 cm³/mol. The summed E-state index contributed by atoms with van der Waals surface area (Å²) >= 11 is 5.84. The third-order valence-corrected chi connectivity index (χ3v) is 2.49. The highest BCUT2D eigenvalue weighted by Crippen LogP contribution is 2.28. The van der Waals surface area contributed by atoms with E-state index in [0.717, 1.165) is 5.56 Å². The Kier molecular flexibility index (Phi) is 2.36. The second-order valence-corrected chi connectivity index (χ2v) is 3.76. The van der Waals surface area contributed by atoms with Crippen molar-refractivity contribution in [2.24, 2.45) is 5.73 Å². The van der Waals surface area contributed by atoms with E-state index in [1.165, 1.54) is 6.07 Å². The van der Waals surface area contributed by atoms with Gasteiger partial charge in [0, 0.05) is 17.0 Å². The molecule has 1 aliphatic carbocycles. The van der Waals surface area contributed by atoms with E-state index in [-0.39, 0.29) is 5.76 Å². The monoisotopic (exact) mass is 225 g/mol. The molecule has 78 valence electrons. The Morgan fingerprint density at radius 3 is 2.80 bits per heavy atom. The number of hydrogen-bond donors (Lipinski definition) is 1. The minimum absolute atomic E-state index is 0.0184. The van der Waals surface area contributed by atoms with Gasteiger partial charge in [0.25, 0.3) is 11.7 Å². The molecule has 0 fully saturated rings. The van der Waals surface area contributed by atoms with E-state index in [0.29, 0.717) is 23.6 Å². The van der Waals surface area contributed by atoms with Gasteiger partial charge in [-0.05, 0) is 18.6 Å². The molecule has 0 aliphatic heterocycles. The van der Waals surface area contributed by atoms with Crippen LogP contribution in [0.2, 0.25) is 0 Å². The molecular weight excluding hydrogens is 218 g/mol. The molecule has 0 aromatic carbocycles. The molecule has 5 heteroatoms. The maximum atomic E-state index is 11.2. The van der Waals surface area contributed by atoms with Gasteiger partial charge in [-0.3, -0.25) is 9.59 Å². The number of fused-ring (bicyclic) bond motifs is 1. The summed E-state index contributed by atoms with van der Waals surface area (Å²) in [7, 11) is 0. The molecule has 15 heavy (non-hydrogen) atoms. The summed E-state index contributed by atoms with van der Waals surface area (Å²) in [5, 5.41) is 0.710. The Labute approximate surface area is 90.7 Å². The summed E-state index contributed by atoms with van der Waals surface area (Å²) in [5.41, 5.74) is 5.61. The van der Waals surface area contributed by atoms with Crippen molar-refractivity contribution in [2.75, 3.05) is 0 Å². The van der Waals surface area contributed by atoms with Crippen LogP contribution in [0.4, 0.5) is 0 Å². The third-order valence-electron chi connectivity index (χ3n) is 2.19. The lowest BCUT2D eigenvalue weighted by Gasteiger charge is -2.04. The van der Waals surface area contributed by atoms with Crippen molar-refractivity contribution in [2.45, 2.75) is 12.8 Å². The number of nitrogens with two attached hydrogens (primary N) is 1. The topological polar surface area (TPSA) is 73.3 Å². The van der Waals surface area contributed by atoms with Gasteiger partial charge in [-0.1, -0.05) is 11.6 Å². The number of rotatable bonds is 2. The van der Waals surface area contributed by atoms with E-state index in [2.05, 4.69) is 0 Å². The first-order valence-corrected chi connectivity index (χ1v) is 4.78. The van der Waals surface area contributed by atoms with E-state index >= 15 is 0 Å². The van der Waals surface area contributed by atoms with Gasteiger partial charge < -0.3 is 10.2 Å². The van der Waals surface area contributed by atoms with E-state index in [4.69, 9.17) is 21.8 Å². The minimum Gasteiger partial charge on any atom is -0.457 e. The number of amides is 1. The van der Waals surface area contributed by atoms with Gasteiger partial charge in [-0.2, -0.15) is 0 Å². The number of ketones is 1. The van der Waals surface area contributed by atoms with Gasteiger partial charge in [-0.15, -0.1) is 0 Å². The zero-order valence-electron chi connectivity index (χ0n) is 7.75. The van der Waals surface area contributed by atoms with Crippen LogP contribution in [0.5, 0.6) is 0 Å². The maximum absolute atomic E-state index is 11.2. The summed E-state index contributed by atoms with van der Waals surface area (Å²) in [6.07, 6.45) is 3.05. The van der Waals surface area contributed by atoms with Crippen LogP contribution in [0.15, 0.2) is 15.5 Å². The molecule has 2 N–H and O–H groups in total. The van der Waals surface area contributed by atoms with E-state index in [9.17, 15) is 9.59 Å². The molecule has 0 radical (unpaired) electrons. The summed E-state index contributed by atoms with van der Waals surface area (Å²) in [5.74, 6) is -1.18. The van der Waals surface area contributed by atoms with Crippen molar-refractivity contribution in [1.29, 1.82) is 0 Å². The van der Waals surface area contributed by atoms with E-state index < -0.39 is 11.7 Å². The van der Waals surface area contributed by atoms with Crippen molar-refractivity contribution < 1.29 is 14.0 Å². The number of aryl methyl sites for hydroxylation is 1. The summed E-state index contributed by atoms with van der Waals surface area (Å²) in [6.45, 7) is 0. The molecule has 1 aromatic heterocycles. The van der Waals surface area contributed by atoms with E-state index in [1.807, 2.05) is 0 Å². The van der Waals surface area contributed by atoms with Crippen LogP contribution < -0.4 is 5.73 Å². The predicted octanol–water partition coefficient (Wildman–Crippen LogP) is 1.47. The first-order chi connectivity index (χ1) is 7.08. The van der Waals surface area contributed by atoms with Gasteiger partial charge in [0.1, 0.15) is 5.76 Å². The summed E-state index contributed by atoms with van der Waals surface area (Å²) < 4.78 is 5.22. The molecule has 0 unspecified atom stereocenters. The molecule has 1 aliphatic rings. The Morgan fingerprint density at radius 2 is 2.13 bits per heavy atom. The van der Waals surface area contributed by atoms with Gasteiger partial charge >= 0.3 is 0 Å². The molecule has 1 aromatic rings. The van der Waals surface area contributed by atoms with Gasteiger partial charge in [-0.25, -0.2) is 0 Å². The number of halogens is 1. The number of Topliss-reactive ketones (excluding diaryl/α,β-unsaturated/α-hetero) is 1. The fourth-order valence-electron chi connectivity index (χ4n) is 1.47. The maximum Gasteiger partial charge on any atom is 0.293 e. The first-order valence-electron chi connectivity index (χ1n) is 4.41. The Bertz CT molecular complexity index is 473. The van der Waals surface area contributed by atoms with E-state index in [1.54, 1.807) is 6.08 Å². The Morgan fingerprint density at radius 1 is 1.40 bits per heavy atom. The molecular formula is C10H8ClNO3. The van der Waals surface area contributed by atoms with Crippen molar-refractivity contribution in [3.05, 3.63) is 28.2 Å². The molecule has 1 amide bonds. The highest BCUT2D eigenvalue weighted by atomic mass is 35.5. The quantitative estimate of drug-likeness (QED) is 0.612. The molecule has 4 nitrogen and oxygen atoms in total. The number of carbonyl (C=O) groups is 2. The van der Waals surface area contributed by atoms with Crippen LogP contribution in [0.1, 0.15) is 28.3 Å². The molecule has 0 atom stereocenters. The van der Waals surface area contributed by atoms with Crippen molar-refractivity contribution in [3.8, 4) is 0 Å². The lowest BCUT2D eigenvalue weighted by Crippen LogP contribution is -2.22. The number of primary amides is 1. The molecule has 2 rings (SSSR count). The standard InChI is InChI=1S/C10H8ClNO3/c11-6-1-2-7-5(3-6)4-8(15-7)9(13)10(12)14/h3-4H,1-2H2,(H2,12,14). The molecule has 0 saturated heterocycles. The smallest absolute Gasteiger partial charge is 0.293 e. The van der Waals surface area contributed by atoms with Crippen LogP contribution in [0.25, 0.3) is 6.08 Å². The van der Waals surface area contributed by atoms with Gasteiger partial charge in [0.15, 0.2) is 5.76 Å². The lowest BCUT2D eigenvalue weighted by molar-refractivity contribution is -0.114. The van der Waals surface area contributed by atoms with Gasteiger partial charge in [0.2, 0.25) is 0 Å². The average molecular weight is 226 g/mol. The van der Waals surface area contributed by atoms with Crippen molar-refractivity contribution in [1.82, 2.24) is 0 Å². The molecule has 1 heterocycles. The third kappa shape index (κ3) is 1.80. The highest BCUT2D eigenvalue weighted by Gasteiger charge is 2.21. The number of carbonyl (C=O) groups excluding carboxylic acids is 2. The summed E-state index contributed by atoms with van der Waals surface area (Å²) in [6, 6.07) is 1.49. The average Bonchev–Trinajstić information content (AvgIpc) is 2.58. The Hall–Kier alpha value is -1.55. The fourth-order valence-corrected chi connectivity index (χ4v) is 1.68. The second-order valence-electron chi connectivity index (χ2n) is 3.27. The number of allylic oxidation sites excluding steroid dienone is 1. The lowest BCUT2D eigenvalue weighted by atomic mass is 10.1. The zero-order chi connectivity index (χ0) is 11.0. The van der Waals surface area contributed by atoms with Crippen LogP contribution in [-0.2, 0) is 11.2 Å². The fraction of sp³-hybridized carbons (Fsp3) is 0.200. The molecule has 0 saturated carbocycles. The highest BCUT2D eigenvalue weighted by molar-refractivity contribution is 6.41. The van der Waals surface area contributed by atoms with Crippen LogP contribution in [0.3, 0.4) is 0 Å². The van der Waals surface area contributed by atoms with Crippen LogP contribution >= 0.6 is 11.6 Å².